The summed E-state index contributed by atoms with van der Waals surface area (Å²) in [5, 5.41) is 19.9. The van der Waals surface area contributed by atoms with Gasteiger partial charge in [-0.25, -0.2) is 0 Å². The summed E-state index contributed by atoms with van der Waals surface area (Å²) in [7, 11) is 0. The summed E-state index contributed by atoms with van der Waals surface area (Å²) >= 11 is 1.65. The molecule has 0 unspecified atom stereocenters. The van der Waals surface area contributed by atoms with E-state index >= 15 is 0 Å². The summed E-state index contributed by atoms with van der Waals surface area (Å²) in [6, 6.07) is 13.7. The number of rotatable bonds is 5. The van der Waals surface area contributed by atoms with Crippen molar-refractivity contribution in [3.8, 4) is 5.75 Å². The summed E-state index contributed by atoms with van der Waals surface area (Å²) in [5.74, 6) is 1.13. The van der Waals surface area contributed by atoms with Gasteiger partial charge in [-0.1, -0.05) is 18.2 Å². The van der Waals surface area contributed by atoms with Gasteiger partial charge in [0, 0.05) is 22.8 Å². The Balaban J connectivity index is 1.87. The monoisotopic (exact) mass is 275 g/mol. The fourth-order valence-corrected chi connectivity index (χ4v) is 2.60. The van der Waals surface area contributed by atoms with E-state index in [9.17, 15) is 15.2 Å². The first kappa shape index (κ1) is 13.4. The minimum atomic E-state index is -0.398. The fourth-order valence-electron chi connectivity index (χ4n) is 1.64. The van der Waals surface area contributed by atoms with Crippen molar-refractivity contribution in [1.29, 1.82) is 0 Å². The van der Waals surface area contributed by atoms with Crippen molar-refractivity contribution in [3.63, 3.8) is 0 Å². The van der Waals surface area contributed by atoms with E-state index in [1.54, 1.807) is 36.0 Å². The van der Waals surface area contributed by atoms with Crippen LogP contribution in [-0.2, 0) is 6.42 Å². The molecule has 1 N–H and O–H groups in total. The van der Waals surface area contributed by atoms with Gasteiger partial charge in [0.25, 0.3) is 5.69 Å². The molecular weight excluding hydrogens is 262 g/mol. The van der Waals surface area contributed by atoms with E-state index in [0.29, 0.717) is 0 Å². The van der Waals surface area contributed by atoms with Crippen LogP contribution in [0.25, 0.3) is 0 Å². The Bertz CT molecular complexity index is 569. The van der Waals surface area contributed by atoms with Crippen LogP contribution in [-0.4, -0.2) is 15.8 Å². The van der Waals surface area contributed by atoms with Gasteiger partial charge in [-0.2, -0.15) is 0 Å². The largest absolute Gasteiger partial charge is 0.508 e. The number of nitro benzene ring substituents is 1. The van der Waals surface area contributed by atoms with E-state index in [1.165, 1.54) is 12.1 Å². The van der Waals surface area contributed by atoms with E-state index in [0.717, 1.165) is 22.6 Å². The zero-order chi connectivity index (χ0) is 13.7. The number of non-ortho nitro benzene ring substituents is 1. The maximum atomic E-state index is 10.5. The molecule has 0 heterocycles. The number of hydrogen-bond acceptors (Lipinski definition) is 4. The average molecular weight is 275 g/mol. The van der Waals surface area contributed by atoms with Crippen LogP contribution in [0.1, 0.15) is 5.56 Å². The first-order valence-electron chi connectivity index (χ1n) is 5.80. The standard InChI is InChI=1S/C14H13NO3S/c16-13-2-1-3-14(10-13)19-9-8-11-4-6-12(7-5-11)15(17)18/h1-7,10,16H,8-9H2. The smallest absolute Gasteiger partial charge is 0.269 e. The lowest BCUT2D eigenvalue weighted by atomic mass is 10.1. The van der Waals surface area contributed by atoms with Gasteiger partial charge in [-0.3, -0.25) is 10.1 Å². The molecule has 0 atom stereocenters. The van der Waals surface area contributed by atoms with E-state index in [2.05, 4.69) is 0 Å². The third-order valence-electron chi connectivity index (χ3n) is 2.62. The van der Waals surface area contributed by atoms with Crippen LogP contribution in [0.3, 0.4) is 0 Å². The number of nitrogens with zero attached hydrogens (tertiary/aromatic N) is 1. The van der Waals surface area contributed by atoms with Crippen LogP contribution in [0.5, 0.6) is 5.75 Å². The van der Waals surface area contributed by atoms with E-state index in [4.69, 9.17) is 0 Å². The Hall–Kier alpha value is -2.01. The molecule has 0 spiro atoms. The number of aryl methyl sites for hydroxylation is 1. The summed E-state index contributed by atoms with van der Waals surface area (Å²) in [6.07, 6.45) is 0.832. The van der Waals surface area contributed by atoms with Crippen molar-refractivity contribution in [3.05, 3.63) is 64.2 Å². The topological polar surface area (TPSA) is 63.4 Å². The maximum absolute atomic E-state index is 10.5. The van der Waals surface area contributed by atoms with Crippen molar-refractivity contribution >= 4 is 17.4 Å². The van der Waals surface area contributed by atoms with E-state index in [1.807, 2.05) is 12.1 Å². The molecule has 0 fully saturated rings. The van der Waals surface area contributed by atoms with Crippen LogP contribution in [0.2, 0.25) is 0 Å². The number of phenolic OH excluding ortho intramolecular Hbond substituents is 1. The first-order valence-corrected chi connectivity index (χ1v) is 6.79. The van der Waals surface area contributed by atoms with Crippen LogP contribution in [0.4, 0.5) is 5.69 Å². The van der Waals surface area contributed by atoms with Gasteiger partial charge >= 0.3 is 0 Å². The molecule has 0 aliphatic rings. The van der Waals surface area contributed by atoms with Crippen LogP contribution in [0.15, 0.2) is 53.4 Å². The Kier molecular flexibility index (Phi) is 4.41. The van der Waals surface area contributed by atoms with Crippen molar-refractivity contribution < 1.29 is 10.0 Å². The number of benzene rings is 2. The number of nitro groups is 1. The number of thioether (sulfide) groups is 1. The highest BCUT2D eigenvalue weighted by atomic mass is 32.2. The zero-order valence-electron chi connectivity index (χ0n) is 10.2. The fraction of sp³-hybridized carbons (Fsp3) is 0.143. The summed E-state index contributed by atoms with van der Waals surface area (Å²) in [6.45, 7) is 0. The third-order valence-corrected chi connectivity index (χ3v) is 3.62. The highest BCUT2D eigenvalue weighted by molar-refractivity contribution is 7.99. The van der Waals surface area contributed by atoms with Crippen LogP contribution in [0, 0.1) is 10.1 Å². The second-order valence-electron chi connectivity index (χ2n) is 4.02. The molecular formula is C14H13NO3S. The van der Waals surface area contributed by atoms with E-state index < -0.39 is 4.92 Å². The van der Waals surface area contributed by atoms with Crippen molar-refractivity contribution in [2.24, 2.45) is 0 Å². The second-order valence-corrected chi connectivity index (χ2v) is 5.19. The predicted molar refractivity (Wildman–Crippen MR) is 75.6 cm³/mol. The summed E-state index contributed by atoms with van der Waals surface area (Å²) in [4.78, 5) is 11.1. The predicted octanol–water partition coefficient (Wildman–Crippen LogP) is 3.64. The SMILES string of the molecule is O=[N+]([O-])c1ccc(CCSc2cccc(O)c2)cc1. The van der Waals surface area contributed by atoms with Gasteiger partial charge in [0.1, 0.15) is 5.75 Å². The number of hydrogen-bond donors (Lipinski definition) is 1. The van der Waals surface area contributed by atoms with Crippen molar-refractivity contribution in [2.45, 2.75) is 11.3 Å². The summed E-state index contributed by atoms with van der Waals surface area (Å²) < 4.78 is 0. The van der Waals surface area contributed by atoms with Gasteiger partial charge in [-0.15, -0.1) is 11.8 Å². The lowest BCUT2D eigenvalue weighted by Gasteiger charge is -2.03. The highest BCUT2D eigenvalue weighted by Crippen LogP contribution is 2.23. The molecule has 19 heavy (non-hydrogen) atoms. The van der Waals surface area contributed by atoms with Gasteiger partial charge in [-0.05, 0) is 30.2 Å². The first-order chi connectivity index (χ1) is 9.15. The zero-order valence-corrected chi connectivity index (χ0v) is 11.0. The number of aromatic hydroxyl groups is 1. The Labute approximate surface area is 115 Å². The van der Waals surface area contributed by atoms with Crippen molar-refractivity contribution in [2.75, 3.05) is 5.75 Å². The van der Waals surface area contributed by atoms with Crippen LogP contribution < -0.4 is 0 Å². The Morgan fingerprint density at radius 3 is 2.53 bits per heavy atom. The molecule has 98 valence electrons. The Morgan fingerprint density at radius 1 is 1.16 bits per heavy atom. The molecule has 0 bridgehead atoms. The Morgan fingerprint density at radius 2 is 1.89 bits per heavy atom. The molecule has 2 rings (SSSR count). The lowest BCUT2D eigenvalue weighted by molar-refractivity contribution is -0.384. The third kappa shape index (κ3) is 3.99. The molecule has 0 aliphatic heterocycles. The van der Waals surface area contributed by atoms with Gasteiger partial charge in [0.15, 0.2) is 0 Å². The lowest BCUT2D eigenvalue weighted by Crippen LogP contribution is -1.91. The normalized spacial score (nSPS) is 10.3. The molecule has 5 heteroatoms. The second kappa shape index (κ2) is 6.24. The molecule has 2 aromatic rings. The highest BCUT2D eigenvalue weighted by Gasteiger charge is 2.04. The molecule has 4 nitrogen and oxygen atoms in total. The number of phenols is 1. The summed E-state index contributed by atoms with van der Waals surface area (Å²) in [5.41, 5.74) is 1.18. The molecule has 0 amide bonds. The molecule has 0 aromatic heterocycles. The molecule has 0 saturated heterocycles. The maximum Gasteiger partial charge on any atom is 0.269 e. The quantitative estimate of drug-likeness (QED) is 0.514. The van der Waals surface area contributed by atoms with Gasteiger partial charge in [0.05, 0.1) is 4.92 Å². The minimum absolute atomic E-state index is 0.115. The molecule has 0 radical (unpaired) electrons. The average Bonchev–Trinajstić information content (AvgIpc) is 2.39. The van der Waals surface area contributed by atoms with E-state index in [-0.39, 0.29) is 11.4 Å². The van der Waals surface area contributed by atoms with Crippen molar-refractivity contribution in [1.82, 2.24) is 0 Å². The molecule has 0 aliphatic carbocycles. The van der Waals surface area contributed by atoms with Crippen LogP contribution >= 0.6 is 11.8 Å². The van der Waals surface area contributed by atoms with Gasteiger partial charge in [0.2, 0.25) is 0 Å². The molecule has 2 aromatic carbocycles. The molecule has 0 saturated carbocycles. The van der Waals surface area contributed by atoms with Gasteiger partial charge < -0.3 is 5.11 Å². The minimum Gasteiger partial charge on any atom is -0.508 e.